The molecule has 1 amide bonds. The van der Waals surface area contributed by atoms with E-state index in [-0.39, 0.29) is 5.91 Å². The van der Waals surface area contributed by atoms with E-state index < -0.39 is 0 Å². The Morgan fingerprint density at radius 2 is 1.73 bits per heavy atom. The van der Waals surface area contributed by atoms with Gasteiger partial charge < -0.3 is 9.47 Å². The Morgan fingerprint density at radius 1 is 1.09 bits per heavy atom. The predicted molar refractivity (Wildman–Crippen MR) is 93.0 cm³/mol. The Morgan fingerprint density at radius 3 is 2.36 bits per heavy atom. The molecule has 0 fully saturated rings. The Balaban J connectivity index is 2.13. The molecule has 22 heavy (non-hydrogen) atoms. The summed E-state index contributed by atoms with van der Waals surface area (Å²) in [4.78, 5) is 14.7. The van der Waals surface area contributed by atoms with Gasteiger partial charge in [-0.1, -0.05) is 44.9 Å². The Labute approximate surface area is 133 Å². The Bertz CT molecular complexity index is 607. The lowest BCUT2D eigenvalue weighted by molar-refractivity contribution is -0.130. The zero-order valence-electron chi connectivity index (χ0n) is 14.1. The maximum Gasteiger partial charge on any atom is 0.227 e. The number of unbranched alkanes of at least 4 members (excludes halogenated alkanes) is 2. The first-order chi connectivity index (χ1) is 10.7. The molecule has 0 saturated carbocycles. The second-order valence-electron chi connectivity index (χ2n) is 6.05. The lowest BCUT2D eigenvalue weighted by atomic mass is 10.1. The summed E-state index contributed by atoms with van der Waals surface area (Å²) in [6.45, 7) is 6.13. The van der Waals surface area contributed by atoms with Crippen molar-refractivity contribution in [2.45, 2.75) is 46.0 Å². The van der Waals surface area contributed by atoms with Crippen LogP contribution in [0.3, 0.4) is 0 Å². The predicted octanol–water partition coefficient (Wildman–Crippen LogP) is 4.15. The standard InChI is InChI=1S/C19H28N2O/c1-4-6-12-21(13-7-5-2)19(22)14-16-15-20(3)18-11-9-8-10-17(16)18/h8-11,15H,4-7,12-14H2,1-3H3. The van der Waals surface area contributed by atoms with Gasteiger partial charge in [0.1, 0.15) is 0 Å². The number of rotatable bonds is 8. The minimum absolute atomic E-state index is 0.262. The molecule has 0 bridgehead atoms. The molecule has 0 aliphatic heterocycles. The molecule has 1 aromatic carbocycles. The van der Waals surface area contributed by atoms with Crippen LogP contribution in [-0.4, -0.2) is 28.5 Å². The molecule has 1 aromatic heterocycles. The van der Waals surface area contributed by atoms with Crippen LogP contribution in [0, 0.1) is 0 Å². The zero-order chi connectivity index (χ0) is 15.9. The third kappa shape index (κ3) is 3.90. The van der Waals surface area contributed by atoms with E-state index in [0.29, 0.717) is 6.42 Å². The van der Waals surface area contributed by atoms with Gasteiger partial charge >= 0.3 is 0 Å². The minimum atomic E-state index is 0.262. The fraction of sp³-hybridized carbons (Fsp3) is 0.526. The van der Waals surface area contributed by atoms with Crippen LogP contribution in [0.1, 0.15) is 45.1 Å². The maximum absolute atomic E-state index is 12.7. The fourth-order valence-corrected chi connectivity index (χ4v) is 2.90. The quantitative estimate of drug-likeness (QED) is 0.719. The molecule has 1 heterocycles. The molecule has 0 aliphatic carbocycles. The smallest absolute Gasteiger partial charge is 0.227 e. The number of para-hydroxylation sites is 1. The van der Waals surface area contributed by atoms with Gasteiger partial charge in [0.2, 0.25) is 5.91 Å². The van der Waals surface area contributed by atoms with Crippen molar-refractivity contribution in [3.05, 3.63) is 36.0 Å². The van der Waals surface area contributed by atoms with Crippen LogP contribution in [0.25, 0.3) is 10.9 Å². The van der Waals surface area contributed by atoms with Crippen molar-refractivity contribution < 1.29 is 4.79 Å². The highest BCUT2D eigenvalue weighted by atomic mass is 16.2. The van der Waals surface area contributed by atoms with Gasteiger partial charge in [-0.2, -0.15) is 0 Å². The van der Waals surface area contributed by atoms with Crippen LogP contribution in [0.5, 0.6) is 0 Å². The molecule has 0 spiro atoms. The molecule has 3 heteroatoms. The Kier molecular flexibility index (Phi) is 6.05. The number of carbonyl (C=O) groups excluding carboxylic acids is 1. The highest BCUT2D eigenvalue weighted by Crippen LogP contribution is 2.21. The second-order valence-corrected chi connectivity index (χ2v) is 6.05. The average Bonchev–Trinajstić information content (AvgIpc) is 2.84. The van der Waals surface area contributed by atoms with Crippen molar-refractivity contribution in [3.8, 4) is 0 Å². The summed E-state index contributed by atoms with van der Waals surface area (Å²) < 4.78 is 2.11. The van der Waals surface area contributed by atoms with Gasteiger partial charge in [-0.25, -0.2) is 0 Å². The normalized spacial score (nSPS) is 11.0. The van der Waals surface area contributed by atoms with Crippen LogP contribution < -0.4 is 0 Å². The van der Waals surface area contributed by atoms with E-state index in [0.717, 1.165) is 44.3 Å². The van der Waals surface area contributed by atoms with Crippen LogP contribution in [-0.2, 0) is 18.3 Å². The number of benzene rings is 1. The van der Waals surface area contributed by atoms with Gasteiger partial charge in [0, 0.05) is 37.2 Å². The molecule has 0 aliphatic rings. The molecule has 3 nitrogen and oxygen atoms in total. The number of amides is 1. The van der Waals surface area contributed by atoms with Crippen LogP contribution >= 0.6 is 0 Å². The molecule has 2 aromatic rings. The molecular weight excluding hydrogens is 272 g/mol. The third-order valence-electron chi connectivity index (χ3n) is 4.24. The number of carbonyl (C=O) groups is 1. The molecule has 0 N–H and O–H groups in total. The average molecular weight is 300 g/mol. The number of fused-ring (bicyclic) bond motifs is 1. The second kappa shape index (κ2) is 8.02. The lowest BCUT2D eigenvalue weighted by Gasteiger charge is -2.22. The summed E-state index contributed by atoms with van der Waals surface area (Å²) in [5.41, 5.74) is 2.33. The highest BCUT2D eigenvalue weighted by Gasteiger charge is 2.16. The first-order valence-electron chi connectivity index (χ1n) is 8.48. The number of hydrogen-bond acceptors (Lipinski definition) is 1. The summed E-state index contributed by atoms with van der Waals surface area (Å²) in [5, 5.41) is 1.20. The monoisotopic (exact) mass is 300 g/mol. The molecule has 120 valence electrons. The van der Waals surface area contributed by atoms with E-state index in [4.69, 9.17) is 0 Å². The van der Waals surface area contributed by atoms with Gasteiger partial charge in [-0.15, -0.1) is 0 Å². The fourth-order valence-electron chi connectivity index (χ4n) is 2.90. The largest absolute Gasteiger partial charge is 0.350 e. The van der Waals surface area contributed by atoms with E-state index in [1.165, 1.54) is 10.9 Å². The summed E-state index contributed by atoms with van der Waals surface area (Å²) in [7, 11) is 2.04. The molecule has 2 rings (SSSR count). The first kappa shape index (κ1) is 16.6. The molecular formula is C19H28N2O. The van der Waals surface area contributed by atoms with Gasteiger partial charge in [0.25, 0.3) is 0 Å². The summed E-state index contributed by atoms with van der Waals surface area (Å²) in [6, 6.07) is 8.31. The zero-order valence-corrected chi connectivity index (χ0v) is 14.1. The molecule has 0 radical (unpaired) electrons. The van der Waals surface area contributed by atoms with E-state index >= 15 is 0 Å². The van der Waals surface area contributed by atoms with Crippen molar-refractivity contribution in [1.29, 1.82) is 0 Å². The minimum Gasteiger partial charge on any atom is -0.350 e. The van der Waals surface area contributed by atoms with Crippen molar-refractivity contribution in [2.24, 2.45) is 7.05 Å². The van der Waals surface area contributed by atoms with Crippen molar-refractivity contribution in [2.75, 3.05) is 13.1 Å². The Hall–Kier alpha value is -1.77. The van der Waals surface area contributed by atoms with E-state index in [1.54, 1.807) is 0 Å². The highest BCUT2D eigenvalue weighted by molar-refractivity contribution is 5.89. The van der Waals surface area contributed by atoms with Crippen molar-refractivity contribution in [1.82, 2.24) is 9.47 Å². The van der Waals surface area contributed by atoms with Crippen LogP contribution in [0.4, 0.5) is 0 Å². The van der Waals surface area contributed by atoms with Gasteiger partial charge in [0.05, 0.1) is 6.42 Å². The first-order valence-corrected chi connectivity index (χ1v) is 8.48. The van der Waals surface area contributed by atoms with E-state index in [9.17, 15) is 4.79 Å². The number of nitrogens with zero attached hydrogens (tertiary/aromatic N) is 2. The summed E-state index contributed by atoms with van der Waals surface area (Å²) in [6.07, 6.45) is 7.04. The summed E-state index contributed by atoms with van der Waals surface area (Å²) in [5.74, 6) is 0.262. The van der Waals surface area contributed by atoms with Crippen molar-refractivity contribution in [3.63, 3.8) is 0 Å². The van der Waals surface area contributed by atoms with Crippen LogP contribution in [0.2, 0.25) is 0 Å². The van der Waals surface area contributed by atoms with Gasteiger partial charge in [-0.3, -0.25) is 4.79 Å². The van der Waals surface area contributed by atoms with E-state index in [2.05, 4.69) is 41.6 Å². The molecule has 0 unspecified atom stereocenters. The van der Waals surface area contributed by atoms with E-state index in [1.807, 2.05) is 19.2 Å². The van der Waals surface area contributed by atoms with Crippen LogP contribution in [0.15, 0.2) is 30.5 Å². The number of hydrogen-bond donors (Lipinski definition) is 0. The SMILES string of the molecule is CCCCN(CCCC)C(=O)Cc1cn(C)c2ccccc12. The third-order valence-corrected chi connectivity index (χ3v) is 4.24. The molecule has 0 saturated heterocycles. The van der Waals surface area contributed by atoms with Gasteiger partial charge in [0.15, 0.2) is 0 Å². The van der Waals surface area contributed by atoms with Gasteiger partial charge in [-0.05, 0) is 24.5 Å². The summed E-state index contributed by atoms with van der Waals surface area (Å²) >= 11 is 0. The number of aryl methyl sites for hydroxylation is 1. The molecule has 0 atom stereocenters. The number of aromatic nitrogens is 1. The van der Waals surface area contributed by atoms with Crippen molar-refractivity contribution >= 4 is 16.8 Å². The lowest BCUT2D eigenvalue weighted by Crippen LogP contribution is -2.34. The topological polar surface area (TPSA) is 25.2 Å². The maximum atomic E-state index is 12.7.